The highest BCUT2D eigenvalue weighted by molar-refractivity contribution is 7.81. The van der Waals surface area contributed by atoms with Gasteiger partial charge in [-0.3, -0.25) is 4.79 Å². The zero-order valence-corrected chi connectivity index (χ0v) is 8.79. The fourth-order valence-corrected chi connectivity index (χ4v) is 1.32. The average Bonchev–Trinajstić information content (AvgIpc) is 2.10. The van der Waals surface area contributed by atoms with E-state index in [-0.39, 0.29) is 5.78 Å². The SMILES string of the molecule is CCCCCCCCC(=O)C[S]. The molecule has 2 heteroatoms. The number of ketones is 1. The van der Waals surface area contributed by atoms with Gasteiger partial charge in [-0.15, -0.1) is 0 Å². The van der Waals surface area contributed by atoms with Crippen molar-refractivity contribution in [1.82, 2.24) is 0 Å². The lowest BCUT2D eigenvalue weighted by molar-refractivity contribution is -0.116. The van der Waals surface area contributed by atoms with Crippen LogP contribution in [0.5, 0.6) is 0 Å². The summed E-state index contributed by atoms with van der Waals surface area (Å²) >= 11 is 4.64. The quantitative estimate of drug-likeness (QED) is 0.531. The van der Waals surface area contributed by atoms with Crippen molar-refractivity contribution in [2.75, 3.05) is 5.75 Å². The average molecular weight is 187 g/mol. The maximum Gasteiger partial charge on any atom is 0.143 e. The zero-order valence-electron chi connectivity index (χ0n) is 7.97. The van der Waals surface area contributed by atoms with E-state index in [1.807, 2.05) is 0 Å². The van der Waals surface area contributed by atoms with Gasteiger partial charge in [0.2, 0.25) is 0 Å². The molecule has 0 rings (SSSR count). The van der Waals surface area contributed by atoms with E-state index in [0.717, 1.165) is 6.42 Å². The van der Waals surface area contributed by atoms with Crippen LogP contribution in [0, 0.1) is 0 Å². The summed E-state index contributed by atoms with van der Waals surface area (Å²) in [4.78, 5) is 10.8. The van der Waals surface area contributed by atoms with E-state index < -0.39 is 0 Å². The Morgan fingerprint density at radius 1 is 1.08 bits per heavy atom. The molecule has 0 N–H and O–H groups in total. The normalized spacial score (nSPS) is 10.2. The Kier molecular flexibility index (Phi) is 9.13. The summed E-state index contributed by atoms with van der Waals surface area (Å²) in [6.07, 6.45) is 8.15. The van der Waals surface area contributed by atoms with E-state index in [1.54, 1.807) is 0 Å². The van der Waals surface area contributed by atoms with E-state index in [0.29, 0.717) is 12.2 Å². The van der Waals surface area contributed by atoms with Gasteiger partial charge in [0.15, 0.2) is 0 Å². The lowest BCUT2D eigenvalue weighted by Crippen LogP contribution is -1.98. The predicted octanol–water partition coefficient (Wildman–Crippen LogP) is 3.50. The lowest BCUT2D eigenvalue weighted by atomic mass is 10.1. The monoisotopic (exact) mass is 187 g/mol. The van der Waals surface area contributed by atoms with Crippen LogP contribution in [0.4, 0.5) is 0 Å². The largest absolute Gasteiger partial charge is 0.299 e. The van der Waals surface area contributed by atoms with Crippen molar-refractivity contribution in [3.8, 4) is 0 Å². The van der Waals surface area contributed by atoms with Gasteiger partial charge in [0.05, 0.1) is 5.75 Å². The summed E-state index contributed by atoms with van der Waals surface area (Å²) < 4.78 is 0. The van der Waals surface area contributed by atoms with E-state index in [2.05, 4.69) is 19.6 Å². The summed E-state index contributed by atoms with van der Waals surface area (Å²) in [5, 5.41) is 0. The zero-order chi connectivity index (χ0) is 9.23. The number of hydrogen-bond acceptors (Lipinski definition) is 1. The van der Waals surface area contributed by atoms with Gasteiger partial charge in [0.25, 0.3) is 0 Å². The van der Waals surface area contributed by atoms with Crippen molar-refractivity contribution in [3.63, 3.8) is 0 Å². The molecule has 0 fully saturated rings. The maximum atomic E-state index is 10.8. The summed E-state index contributed by atoms with van der Waals surface area (Å²) in [7, 11) is 0. The second-order valence-corrected chi connectivity index (χ2v) is 3.49. The molecule has 0 heterocycles. The van der Waals surface area contributed by atoms with E-state index >= 15 is 0 Å². The number of carbonyl (C=O) groups excluding carboxylic acids is 1. The molecule has 0 aromatic rings. The number of rotatable bonds is 8. The molecule has 0 spiro atoms. The molecule has 0 amide bonds. The number of carbonyl (C=O) groups is 1. The molecule has 0 unspecified atom stereocenters. The second kappa shape index (κ2) is 9.11. The fourth-order valence-electron chi connectivity index (χ4n) is 1.17. The standard InChI is InChI=1S/C10H19OS/c1-2-3-4-5-6-7-8-10(11)9-12/h2-9H2,1H3. The topological polar surface area (TPSA) is 17.1 Å². The van der Waals surface area contributed by atoms with Crippen LogP contribution in [0.2, 0.25) is 0 Å². The van der Waals surface area contributed by atoms with Gasteiger partial charge in [-0.1, -0.05) is 51.7 Å². The molecule has 0 aromatic carbocycles. The molecular formula is C10H19OS. The van der Waals surface area contributed by atoms with Crippen LogP contribution < -0.4 is 0 Å². The molecular weight excluding hydrogens is 168 g/mol. The molecule has 0 saturated carbocycles. The summed E-state index contributed by atoms with van der Waals surface area (Å²) in [5.74, 6) is 0.537. The Bertz CT molecular complexity index is 112. The third-order valence-corrected chi connectivity index (χ3v) is 2.29. The van der Waals surface area contributed by atoms with Gasteiger partial charge in [0.1, 0.15) is 5.78 Å². The summed E-state index contributed by atoms with van der Waals surface area (Å²) in [5.41, 5.74) is 0. The molecule has 1 nitrogen and oxygen atoms in total. The predicted molar refractivity (Wildman–Crippen MR) is 55.5 cm³/mol. The van der Waals surface area contributed by atoms with E-state index in [1.165, 1.54) is 32.1 Å². The van der Waals surface area contributed by atoms with Gasteiger partial charge in [-0.2, -0.15) is 0 Å². The molecule has 0 aliphatic rings. The van der Waals surface area contributed by atoms with Crippen LogP contribution in [0.1, 0.15) is 51.9 Å². The number of Topliss-reactive ketones (excluding diaryl/α,β-unsaturated/α-hetero) is 1. The van der Waals surface area contributed by atoms with Crippen LogP contribution in [0.15, 0.2) is 0 Å². The second-order valence-electron chi connectivity index (χ2n) is 3.20. The van der Waals surface area contributed by atoms with Gasteiger partial charge >= 0.3 is 0 Å². The van der Waals surface area contributed by atoms with Crippen LogP contribution in [0.25, 0.3) is 0 Å². The smallest absolute Gasteiger partial charge is 0.143 e. The Balaban J connectivity index is 2.95. The summed E-state index contributed by atoms with van der Waals surface area (Å²) in [6, 6.07) is 0. The molecule has 0 aliphatic carbocycles. The third kappa shape index (κ3) is 8.12. The van der Waals surface area contributed by atoms with Crippen LogP contribution in [-0.2, 0) is 4.79 Å². The first-order valence-electron chi connectivity index (χ1n) is 4.91. The molecule has 71 valence electrons. The van der Waals surface area contributed by atoms with Gasteiger partial charge < -0.3 is 0 Å². The van der Waals surface area contributed by atoms with Crippen molar-refractivity contribution in [1.29, 1.82) is 0 Å². The Morgan fingerprint density at radius 2 is 1.67 bits per heavy atom. The van der Waals surface area contributed by atoms with Crippen molar-refractivity contribution in [2.24, 2.45) is 0 Å². The van der Waals surface area contributed by atoms with Crippen molar-refractivity contribution in [3.05, 3.63) is 0 Å². The summed E-state index contributed by atoms with van der Waals surface area (Å²) in [6.45, 7) is 2.21. The van der Waals surface area contributed by atoms with Gasteiger partial charge in [-0.25, -0.2) is 0 Å². The van der Waals surface area contributed by atoms with Crippen molar-refractivity contribution < 1.29 is 4.79 Å². The van der Waals surface area contributed by atoms with E-state index in [9.17, 15) is 4.79 Å². The fraction of sp³-hybridized carbons (Fsp3) is 0.900. The Labute approximate surface area is 81.3 Å². The lowest BCUT2D eigenvalue weighted by Gasteiger charge is -1.98. The highest BCUT2D eigenvalue weighted by Gasteiger charge is 1.97. The molecule has 0 saturated heterocycles. The first kappa shape index (κ1) is 12.0. The number of unbranched alkanes of at least 4 members (excludes halogenated alkanes) is 5. The molecule has 0 aliphatic heterocycles. The first-order valence-corrected chi connectivity index (χ1v) is 5.48. The highest BCUT2D eigenvalue weighted by atomic mass is 32.1. The maximum absolute atomic E-state index is 10.8. The van der Waals surface area contributed by atoms with Crippen molar-refractivity contribution >= 4 is 18.4 Å². The minimum absolute atomic E-state index is 0.237. The Morgan fingerprint density at radius 3 is 2.25 bits per heavy atom. The van der Waals surface area contributed by atoms with E-state index in [4.69, 9.17) is 0 Å². The number of hydrogen-bond donors (Lipinski definition) is 0. The Hall–Kier alpha value is 0.0200. The highest BCUT2D eigenvalue weighted by Crippen LogP contribution is 2.07. The van der Waals surface area contributed by atoms with Gasteiger partial charge in [0, 0.05) is 6.42 Å². The van der Waals surface area contributed by atoms with Crippen LogP contribution >= 0.6 is 12.6 Å². The molecule has 12 heavy (non-hydrogen) atoms. The molecule has 1 radical (unpaired) electrons. The minimum atomic E-state index is 0.237. The molecule has 0 bridgehead atoms. The van der Waals surface area contributed by atoms with Gasteiger partial charge in [-0.05, 0) is 6.42 Å². The molecule has 0 aromatic heterocycles. The minimum Gasteiger partial charge on any atom is -0.299 e. The molecule has 0 atom stereocenters. The first-order chi connectivity index (χ1) is 5.81. The van der Waals surface area contributed by atoms with Crippen LogP contribution in [-0.4, -0.2) is 11.5 Å². The van der Waals surface area contributed by atoms with Crippen molar-refractivity contribution in [2.45, 2.75) is 51.9 Å². The third-order valence-electron chi connectivity index (χ3n) is 1.97. The van der Waals surface area contributed by atoms with Crippen LogP contribution in [0.3, 0.4) is 0 Å².